The van der Waals surface area contributed by atoms with Gasteiger partial charge >= 0.3 is 14.8 Å². The van der Waals surface area contributed by atoms with Crippen molar-refractivity contribution in [1.82, 2.24) is 0 Å². The maximum atomic E-state index is 10.6. The summed E-state index contributed by atoms with van der Waals surface area (Å²) in [6, 6.07) is 0.922. The van der Waals surface area contributed by atoms with Crippen LogP contribution in [0.4, 0.5) is 0 Å². The molecule has 144 valence electrons. The lowest BCUT2D eigenvalue weighted by molar-refractivity contribution is -0.141. The fourth-order valence-corrected chi connectivity index (χ4v) is 5.41. The largest absolute Gasteiger partial charge is 0.500 e. The Morgan fingerprint density at radius 2 is 1.12 bits per heavy atom. The lowest BCUT2D eigenvalue weighted by atomic mass is 10.1. The van der Waals surface area contributed by atoms with Crippen LogP contribution in [-0.4, -0.2) is 41.2 Å². The Hall–Kier alpha value is -0.433. The van der Waals surface area contributed by atoms with Gasteiger partial charge in [-0.15, -0.1) is 0 Å². The van der Waals surface area contributed by atoms with Gasteiger partial charge in [-0.05, 0) is 33.6 Å². The number of hydrogen-bond acceptors (Lipinski definition) is 5. The van der Waals surface area contributed by atoms with Crippen LogP contribution in [0.25, 0.3) is 0 Å². The molecular formula is C18H38O5Si. The molecule has 0 aliphatic carbocycles. The van der Waals surface area contributed by atoms with Gasteiger partial charge in [0.25, 0.3) is 0 Å². The molecule has 0 rings (SSSR count). The van der Waals surface area contributed by atoms with Crippen LogP contribution in [0.2, 0.25) is 6.04 Å². The molecule has 0 N–H and O–H groups in total. The molecule has 0 aromatic rings. The third-order valence-electron chi connectivity index (χ3n) is 3.78. The lowest BCUT2D eigenvalue weighted by Crippen LogP contribution is -2.45. The number of carbonyl (C=O) groups is 1. The Labute approximate surface area is 149 Å². The molecule has 0 amide bonds. The molecule has 5 nitrogen and oxygen atoms in total. The van der Waals surface area contributed by atoms with Crippen molar-refractivity contribution in [2.24, 2.45) is 0 Å². The van der Waals surface area contributed by atoms with E-state index in [9.17, 15) is 4.79 Å². The van der Waals surface area contributed by atoms with Gasteiger partial charge in [-0.2, -0.15) is 0 Å². The number of hydrogen-bond donors (Lipinski definition) is 0. The summed E-state index contributed by atoms with van der Waals surface area (Å²) < 4.78 is 22.5. The molecule has 0 aliphatic heterocycles. The van der Waals surface area contributed by atoms with Gasteiger partial charge in [0.2, 0.25) is 0 Å². The smallest absolute Gasteiger partial charge is 0.466 e. The topological polar surface area (TPSA) is 54.0 Å². The van der Waals surface area contributed by atoms with Crippen molar-refractivity contribution >= 4 is 14.8 Å². The van der Waals surface area contributed by atoms with Crippen LogP contribution in [0.5, 0.6) is 0 Å². The molecular weight excluding hydrogens is 324 g/mol. The van der Waals surface area contributed by atoms with Gasteiger partial charge in [0, 0.05) is 32.8 Å². The van der Waals surface area contributed by atoms with Gasteiger partial charge in [0.15, 0.2) is 0 Å². The van der Waals surface area contributed by atoms with E-state index in [1.807, 2.05) is 20.8 Å². The van der Waals surface area contributed by atoms with E-state index in [2.05, 4.69) is 0 Å². The minimum Gasteiger partial charge on any atom is -0.466 e. The van der Waals surface area contributed by atoms with Crippen molar-refractivity contribution in [3.8, 4) is 0 Å². The molecule has 0 spiro atoms. The molecule has 0 aromatic carbocycles. The molecule has 0 saturated carbocycles. The Morgan fingerprint density at radius 3 is 1.54 bits per heavy atom. The van der Waals surface area contributed by atoms with Crippen LogP contribution in [0.3, 0.4) is 0 Å². The number of esters is 1. The molecule has 0 bridgehead atoms. The predicted octanol–water partition coefficient (Wildman–Crippen LogP) is 4.72. The van der Waals surface area contributed by atoms with Gasteiger partial charge in [-0.3, -0.25) is 4.79 Å². The van der Waals surface area contributed by atoms with Crippen molar-refractivity contribution in [2.45, 2.75) is 85.1 Å². The van der Waals surface area contributed by atoms with Gasteiger partial charge in [0.1, 0.15) is 0 Å². The number of unbranched alkanes of at least 4 members (excludes halogenated alkanes) is 7. The second kappa shape index (κ2) is 16.1. The maximum absolute atomic E-state index is 10.6. The summed E-state index contributed by atoms with van der Waals surface area (Å²) >= 11 is 0. The van der Waals surface area contributed by atoms with Crippen molar-refractivity contribution in [3.63, 3.8) is 0 Å². The molecule has 0 fully saturated rings. The first-order valence-electron chi connectivity index (χ1n) is 9.65. The third-order valence-corrected chi connectivity index (χ3v) is 6.93. The van der Waals surface area contributed by atoms with Crippen LogP contribution in [0.1, 0.15) is 79.1 Å². The summed E-state index contributed by atoms with van der Waals surface area (Å²) in [6.07, 6.45) is 9.42. The standard InChI is InChI=1S/C18H38O5Si/c1-5-21-24(22-6-2,23-7-3)17-15-13-11-9-8-10-12-14-16-20-18(4)19/h5-17H2,1-4H3. The maximum Gasteiger partial charge on any atom is 0.500 e. The van der Waals surface area contributed by atoms with Gasteiger partial charge in [-0.25, -0.2) is 0 Å². The van der Waals surface area contributed by atoms with Crippen molar-refractivity contribution in [2.75, 3.05) is 26.4 Å². The normalized spacial score (nSPS) is 11.7. The number of ether oxygens (including phenoxy) is 1. The average Bonchev–Trinajstić information content (AvgIpc) is 2.53. The van der Waals surface area contributed by atoms with E-state index < -0.39 is 8.80 Å². The molecule has 0 atom stereocenters. The zero-order valence-electron chi connectivity index (χ0n) is 16.2. The monoisotopic (exact) mass is 362 g/mol. The third kappa shape index (κ3) is 12.9. The molecule has 6 heteroatoms. The number of carbonyl (C=O) groups excluding carboxylic acids is 1. The fourth-order valence-electron chi connectivity index (χ4n) is 2.72. The zero-order chi connectivity index (χ0) is 18.1. The summed E-state index contributed by atoms with van der Waals surface area (Å²) in [7, 11) is -2.44. The van der Waals surface area contributed by atoms with E-state index in [0.29, 0.717) is 26.4 Å². The molecule has 0 aromatic heterocycles. The predicted molar refractivity (Wildman–Crippen MR) is 99.0 cm³/mol. The Morgan fingerprint density at radius 1 is 0.708 bits per heavy atom. The Kier molecular flexibility index (Phi) is 15.8. The van der Waals surface area contributed by atoms with Crippen LogP contribution >= 0.6 is 0 Å². The summed E-state index contributed by atoms with van der Waals surface area (Å²) in [6.45, 7) is 9.98. The highest BCUT2D eigenvalue weighted by Crippen LogP contribution is 2.20. The lowest BCUT2D eigenvalue weighted by Gasteiger charge is -2.28. The molecule has 0 saturated heterocycles. The van der Waals surface area contributed by atoms with Crippen LogP contribution in [0, 0.1) is 0 Å². The number of rotatable bonds is 17. The molecule has 24 heavy (non-hydrogen) atoms. The Bertz CT molecular complexity index is 282. The van der Waals surface area contributed by atoms with Crippen molar-refractivity contribution in [3.05, 3.63) is 0 Å². The molecule has 0 radical (unpaired) electrons. The van der Waals surface area contributed by atoms with E-state index in [1.165, 1.54) is 39.0 Å². The van der Waals surface area contributed by atoms with E-state index in [1.54, 1.807) is 0 Å². The summed E-state index contributed by atoms with van der Waals surface area (Å²) in [4.78, 5) is 10.6. The van der Waals surface area contributed by atoms with E-state index in [-0.39, 0.29) is 5.97 Å². The fraction of sp³-hybridized carbons (Fsp3) is 0.944. The summed E-state index contributed by atoms with van der Waals surface area (Å²) in [5.74, 6) is -0.180. The van der Waals surface area contributed by atoms with E-state index in [4.69, 9.17) is 18.0 Å². The van der Waals surface area contributed by atoms with E-state index in [0.717, 1.165) is 25.3 Å². The van der Waals surface area contributed by atoms with Crippen molar-refractivity contribution in [1.29, 1.82) is 0 Å². The van der Waals surface area contributed by atoms with E-state index >= 15 is 0 Å². The highest BCUT2D eigenvalue weighted by Gasteiger charge is 2.39. The molecule has 0 unspecified atom stereocenters. The van der Waals surface area contributed by atoms with Crippen LogP contribution in [0.15, 0.2) is 0 Å². The second-order valence-corrected chi connectivity index (χ2v) is 8.63. The molecule has 0 heterocycles. The highest BCUT2D eigenvalue weighted by atomic mass is 28.4. The average molecular weight is 363 g/mol. The first kappa shape index (κ1) is 23.6. The van der Waals surface area contributed by atoms with Gasteiger partial charge in [0.05, 0.1) is 6.61 Å². The molecule has 0 aliphatic rings. The van der Waals surface area contributed by atoms with Crippen LogP contribution < -0.4 is 0 Å². The summed E-state index contributed by atoms with van der Waals surface area (Å²) in [5.41, 5.74) is 0. The SMILES string of the molecule is CCO[Si](CCCCCCCCCCOC(C)=O)(OCC)OCC. The zero-order valence-corrected chi connectivity index (χ0v) is 17.2. The first-order chi connectivity index (χ1) is 11.6. The van der Waals surface area contributed by atoms with Gasteiger partial charge in [-0.1, -0.05) is 38.5 Å². The highest BCUT2D eigenvalue weighted by molar-refractivity contribution is 6.60. The quantitative estimate of drug-likeness (QED) is 0.213. The van der Waals surface area contributed by atoms with Gasteiger partial charge < -0.3 is 18.0 Å². The van der Waals surface area contributed by atoms with Crippen molar-refractivity contribution < 1.29 is 22.8 Å². The van der Waals surface area contributed by atoms with Crippen LogP contribution in [-0.2, 0) is 22.8 Å². The summed E-state index contributed by atoms with van der Waals surface area (Å²) in [5, 5.41) is 0. The minimum atomic E-state index is -2.44. The first-order valence-corrected chi connectivity index (χ1v) is 11.6. The second-order valence-electron chi connectivity index (χ2n) is 5.90. The Balaban J connectivity index is 3.65. The minimum absolute atomic E-state index is 0.180.